The number of aromatic carboxylic acids is 2. The minimum Gasteiger partial charge on any atom is -0.478 e. The number of rotatable bonds is 7. The molecule has 0 aliphatic heterocycles. The van der Waals surface area contributed by atoms with Crippen molar-refractivity contribution in [2.75, 3.05) is 4.90 Å². The van der Waals surface area contributed by atoms with Crippen molar-refractivity contribution in [3.8, 4) is 11.3 Å². The maximum Gasteiger partial charge on any atom is 0.336 e. The predicted octanol–water partition coefficient (Wildman–Crippen LogP) is 7.61. The normalized spacial score (nSPS) is 10.8. The highest BCUT2D eigenvalue weighted by Gasteiger charge is 2.18. The lowest BCUT2D eigenvalue weighted by atomic mass is 10.1. The SMILES string of the molecule is O=C(O)c1ccc(-c2csc(N(Cc3ccc(C(=O)O)c(Br)c3)c3ccc(Cl)c(Cl)c3)n2)cc1. The van der Waals surface area contributed by atoms with E-state index < -0.39 is 11.9 Å². The first-order valence-electron chi connectivity index (χ1n) is 9.76. The highest BCUT2D eigenvalue weighted by molar-refractivity contribution is 9.10. The number of carbonyl (C=O) groups is 2. The molecule has 34 heavy (non-hydrogen) atoms. The second kappa shape index (κ2) is 10.1. The summed E-state index contributed by atoms with van der Waals surface area (Å²) in [5.74, 6) is -2.00. The number of anilines is 2. The van der Waals surface area contributed by atoms with Gasteiger partial charge in [-0.1, -0.05) is 41.4 Å². The van der Waals surface area contributed by atoms with Gasteiger partial charge in [-0.05, 0) is 64.0 Å². The maximum atomic E-state index is 11.4. The Morgan fingerprint density at radius 1 is 0.941 bits per heavy atom. The summed E-state index contributed by atoms with van der Waals surface area (Å²) < 4.78 is 0.477. The van der Waals surface area contributed by atoms with Crippen LogP contribution in [0.3, 0.4) is 0 Å². The van der Waals surface area contributed by atoms with Gasteiger partial charge in [0.1, 0.15) is 0 Å². The van der Waals surface area contributed by atoms with Gasteiger partial charge < -0.3 is 15.1 Å². The lowest BCUT2D eigenvalue weighted by Gasteiger charge is -2.23. The number of hydrogen-bond donors (Lipinski definition) is 2. The zero-order valence-corrected chi connectivity index (χ0v) is 21.1. The van der Waals surface area contributed by atoms with E-state index in [4.69, 9.17) is 33.3 Å². The van der Waals surface area contributed by atoms with Crippen LogP contribution in [0.25, 0.3) is 11.3 Å². The van der Waals surface area contributed by atoms with Gasteiger partial charge in [-0.2, -0.15) is 0 Å². The molecule has 0 radical (unpaired) electrons. The van der Waals surface area contributed by atoms with Gasteiger partial charge in [0.15, 0.2) is 5.13 Å². The molecule has 4 rings (SSSR count). The van der Waals surface area contributed by atoms with Crippen molar-refractivity contribution in [1.29, 1.82) is 0 Å². The van der Waals surface area contributed by atoms with Gasteiger partial charge in [0.25, 0.3) is 0 Å². The Kier molecular flexibility index (Phi) is 7.23. The van der Waals surface area contributed by atoms with E-state index in [1.54, 1.807) is 42.5 Å². The fraction of sp³-hybridized carbons (Fsp3) is 0.0417. The van der Waals surface area contributed by atoms with Crippen molar-refractivity contribution in [1.82, 2.24) is 4.98 Å². The Balaban J connectivity index is 1.71. The summed E-state index contributed by atoms with van der Waals surface area (Å²) in [6.45, 7) is 0.390. The number of halogens is 3. The number of aromatic nitrogens is 1. The molecule has 10 heteroatoms. The van der Waals surface area contributed by atoms with Crippen molar-refractivity contribution >= 4 is 73.2 Å². The zero-order chi connectivity index (χ0) is 24.4. The molecule has 0 aliphatic rings. The van der Waals surface area contributed by atoms with Gasteiger partial charge in [0, 0.05) is 21.1 Å². The van der Waals surface area contributed by atoms with Crippen molar-refractivity contribution in [3.63, 3.8) is 0 Å². The molecule has 2 N–H and O–H groups in total. The zero-order valence-electron chi connectivity index (χ0n) is 17.2. The molecule has 6 nitrogen and oxygen atoms in total. The lowest BCUT2D eigenvalue weighted by Crippen LogP contribution is -2.16. The number of carboxylic acids is 2. The van der Waals surface area contributed by atoms with Gasteiger partial charge in [-0.3, -0.25) is 0 Å². The Bertz CT molecular complexity index is 1390. The van der Waals surface area contributed by atoms with Crippen molar-refractivity contribution < 1.29 is 19.8 Å². The summed E-state index contributed by atoms with van der Waals surface area (Å²) in [7, 11) is 0. The van der Waals surface area contributed by atoms with Crippen molar-refractivity contribution in [2.24, 2.45) is 0 Å². The third-order valence-electron chi connectivity index (χ3n) is 4.97. The van der Waals surface area contributed by atoms with Crippen LogP contribution in [0, 0.1) is 0 Å². The van der Waals surface area contributed by atoms with E-state index in [1.165, 1.54) is 23.5 Å². The maximum absolute atomic E-state index is 11.4. The van der Waals surface area contributed by atoms with Gasteiger partial charge in [-0.15, -0.1) is 11.3 Å². The Morgan fingerprint density at radius 3 is 2.29 bits per heavy atom. The predicted molar refractivity (Wildman–Crippen MR) is 138 cm³/mol. The van der Waals surface area contributed by atoms with Crippen LogP contribution in [0.5, 0.6) is 0 Å². The number of thiazole rings is 1. The fourth-order valence-electron chi connectivity index (χ4n) is 3.24. The van der Waals surface area contributed by atoms with E-state index in [0.29, 0.717) is 31.9 Å². The molecular formula is C24H15BrCl2N2O4S. The molecule has 1 heterocycles. The molecule has 0 unspecified atom stereocenters. The highest BCUT2D eigenvalue weighted by Crippen LogP contribution is 2.36. The van der Waals surface area contributed by atoms with Crippen LogP contribution >= 0.6 is 50.5 Å². The molecule has 0 spiro atoms. The van der Waals surface area contributed by atoms with Crippen molar-refractivity contribution in [2.45, 2.75) is 6.54 Å². The first-order valence-corrected chi connectivity index (χ1v) is 12.2. The lowest BCUT2D eigenvalue weighted by molar-refractivity contribution is 0.0685. The average molecular weight is 578 g/mol. The molecule has 3 aromatic carbocycles. The van der Waals surface area contributed by atoms with Gasteiger partial charge >= 0.3 is 11.9 Å². The smallest absolute Gasteiger partial charge is 0.336 e. The average Bonchev–Trinajstić information content (AvgIpc) is 3.29. The fourth-order valence-corrected chi connectivity index (χ4v) is 4.98. The monoisotopic (exact) mass is 576 g/mol. The third kappa shape index (κ3) is 5.26. The Hall–Kier alpha value is -2.91. The standard InChI is InChI=1S/C24H15BrCl2N2O4S/c25-18-9-13(1-7-17(18)23(32)33)11-29(16-6-8-19(26)20(27)10-16)24-28-21(12-34-24)14-2-4-15(5-3-14)22(30)31/h1-10,12H,11H2,(H,30,31)(H,32,33). The minimum absolute atomic E-state index is 0.172. The van der Waals surface area contributed by atoms with E-state index in [2.05, 4.69) is 15.9 Å². The molecule has 0 fully saturated rings. The van der Waals surface area contributed by atoms with E-state index in [0.717, 1.165) is 16.8 Å². The molecule has 0 bridgehead atoms. The van der Waals surface area contributed by atoms with Crippen LogP contribution in [0.15, 0.2) is 70.5 Å². The van der Waals surface area contributed by atoms with Crippen molar-refractivity contribution in [3.05, 3.63) is 97.3 Å². The van der Waals surface area contributed by atoms with Crippen LogP contribution in [0.1, 0.15) is 26.3 Å². The van der Waals surface area contributed by atoms with Crippen LogP contribution in [-0.2, 0) is 6.54 Å². The van der Waals surface area contributed by atoms with Gasteiger partial charge in [0.05, 0.1) is 33.4 Å². The minimum atomic E-state index is -1.02. The van der Waals surface area contributed by atoms with Gasteiger partial charge in [-0.25, -0.2) is 14.6 Å². The molecule has 4 aromatic rings. The Morgan fingerprint density at radius 2 is 1.68 bits per heavy atom. The van der Waals surface area contributed by atoms with Gasteiger partial charge in [0.2, 0.25) is 0 Å². The second-order valence-corrected chi connectivity index (χ2v) is 9.71. The number of hydrogen-bond acceptors (Lipinski definition) is 5. The number of carboxylic acid groups (broad SMARTS) is 2. The first-order chi connectivity index (χ1) is 16.2. The van der Waals surface area contributed by atoms with E-state index in [1.807, 2.05) is 16.3 Å². The molecule has 0 amide bonds. The Labute approximate surface area is 217 Å². The molecule has 1 aromatic heterocycles. The number of nitrogens with zero attached hydrogens (tertiary/aromatic N) is 2. The summed E-state index contributed by atoms with van der Waals surface area (Å²) >= 11 is 17.1. The second-order valence-electron chi connectivity index (χ2n) is 7.20. The van der Waals surface area contributed by atoms with E-state index in [9.17, 15) is 14.7 Å². The topological polar surface area (TPSA) is 90.7 Å². The summed E-state index contributed by atoms with van der Waals surface area (Å²) in [4.78, 5) is 29.2. The largest absolute Gasteiger partial charge is 0.478 e. The summed E-state index contributed by atoms with van der Waals surface area (Å²) in [6.07, 6.45) is 0. The molecule has 172 valence electrons. The third-order valence-corrected chi connectivity index (χ3v) is 7.23. The molecule has 0 saturated heterocycles. The van der Waals surface area contributed by atoms with E-state index in [-0.39, 0.29) is 11.1 Å². The highest BCUT2D eigenvalue weighted by atomic mass is 79.9. The summed E-state index contributed by atoms with van der Waals surface area (Å²) in [6, 6.07) is 16.8. The number of benzene rings is 3. The van der Waals surface area contributed by atoms with Crippen LogP contribution < -0.4 is 4.90 Å². The van der Waals surface area contributed by atoms with Crippen LogP contribution in [0.2, 0.25) is 10.0 Å². The first kappa shape index (κ1) is 24.2. The quantitative estimate of drug-likeness (QED) is 0.235. The van der Waals surface area contributed by atoms with Crippen LogP contribution in [-0.4, -0.2) is 27.1 Å². The van der Waals surface area contributed by atoms with Crippen LogP contribution in [0.4, 0.5) is 10.8 Å². The van der Waals surface area contributed by atoms with E-state index >= 15 is 0 Å². The molecule has 0 saturated carbocycles. The molecule has 0 aliphatic carbocycles. The summed E-state index contributed by atoms with van der Waals surface area (Å²) in [5, 5.41) is 21.8. The molecule has 0 atom stereocenters. The molecular weight excluding hydrogens is 563 g/mol. The summed E-state index contributed by atoms with van der Waals surface area (Å²) in [5.41, 5.74) is 3.47.